The molecule has 2 aromatic rings. The number of nitrogens with one attached hydrogen (secondary N) is 1. The van der Waals surface area contributed by atoms with Crippen LogP contribution in [0, 0.1) is 0 Å². The van der Waals surface area contributed by atoms with E-state index in [1.807, 2.05) is 39.8 Å². The molecule has 0 heterocycles. The molecule has 7 nitrogen and oxygen atoms in total. The van der Waals surface area contributed by atoms with E-state index in [4.69, 9.17) is 23.2 Å². The van der Waals surface area contributed by atoms with Crippen LogP contribution in [-0.2, 0) is 26.2 Å². The summed E-state index contributed by atoms with van der Waals surface area (Å²) in [4.78, 5) is 27.9. The molecule has 0 fully saturated rings. The Balaban J connectivity index is 2.44. The van der Waals surface area contributed by atoms with Crippen LogP contribution in [-0.4, -0.2) is 50.0 Å². The highest BCUT2D eigenvalue weighted by molar-refractivity contribution is 7.92. The second-order valence-corrected chi connectivity index (χ2v) is 12.0. The third-order valence-electron chi connectivity index (χ3n) is 6.09. The Bertz CT molecular complexity index is 1150. The van der Waals surface area contributed by atoms with Crippen molar-refractivity contribution >= 4 is 50.7 Å². The lowest BCUT2D eigenvalue weighted by molar-refractivity contribution is -0.139. The molecule has 198 valence electrons. The number of nitrogens with zero attached hydrogens (tertiary/aromatic N) is 2. The molecule has 0 saturated heterocycles. The van der Waals surface area contributed by atoms with Gasteiger partial charge in [0.25, 0.3) is 0 Å². The van der Waals surface area contributed by atoms with Gasteiger partial charge in [-0.15, -0.1) is 0 Å². The molecule has 1 N–H and O–H groups in total. The first-order chi connectivity index (χ1) is 16.8. The van der Waals surface area contributed by atoms with Gasteiger partial charge in [-0.2, -0.15) is 0 Å². The van der Waals surface area contributed by atoms with Gasteiger partial charge in [0, 0.05) is 28.2 Å². The number of hydrogen-bond donors (Lipinski definition) is 1. The fourth-order valence-electron chi connectivity index (χ4n) is 3.54. The van der Waals surface area contributed by atoms with Crippen molar-refractivity contribution in [1.82, 2.24) is 10.2 Å². The Hall–Kier alpha value is -2.29. The maximum absolute atomic E-state index is 13.6. The summed E-state index contributed by atoms with van der Waals surface area (Å²) in [5.74, 6) is -0.641. The lowest BCUT2D eigenvalue weighted by Crippen LogP contribution is -2.52. The first kappa shape index (κ1) is 29.9. The third-order valence-corrected chi connectivity index (χ3v) is 7.93. The van der Waals surface area contributed by atoms with Gasteiger partial charge in [0.05, 0.1) is 11.9 Å². The Morgan fingerprint density at radius 2 is 1.53 bits per heavy atom. The molecule has 0 spiro atoms. The van der Waals surface area contributed by atoms with Crippen LogP contribution in [0.4, 0.5) is 5.69 Å². The first-order valence-electron chi connectivity index (χ1n) is 11.9. The van der Waals surface area contributed by atoms with Gasteiger partial charge in [-0.25, -0.2) is 8.42 Å². The van der Waals surface area contributed by atoms with Crippen LogP contribution in [0.1, 0.15) is 58.1 Å². The molecular formula is C26H35Cl2N3O4S. The molecule has 2 aromatic carbocycles. The zero-order valence-electron chi connectivity index (χ0n) is 21.6. The minimum Gasteiger partial charge on any atom is -0.352 e. The second-order valence-electron chi connectivity index (χ2n) is 9.23. The van der Waals surface area contributed by atoms with E-state index in [2.05, 4.69) is 5.32 Å². The summed E-state index contributed by atoms with van der Waals surface area (Å²) in [7, 11) is -3.80. The molecule has 2 amide bonds. The molecule has 0 aliphatic heterocycles. The summed E-state index contributed by atoms with van der Waals surface area (Å²) in [5, 5.41) is 3.57. The van der Waals surface area contributed by atoms with E-state index in [1.54, 1.807) is 37.3 Å². The number of carbonyl (C=O) groups is 2. The molecular weight excluding hydrogens is 521 g/mol. The largest absolute Gasteiger partial charge is 0.352 e. The van der Waals surface area contributed by atoms with E-state index in [0.29, 0.717) is 21.3 Å². The normalized spacial score (nSPS) is 13.2. The molecule has 2 atom stereocenters. The highest BCUT2D eigenvalue weighted by atomic mass is 35.5. The number of sulfonamides is 1. The van der Waals surface area contributed by atoms with Crippen LogP contribution in [0.25, 0.3) is 0 Å². The predicted octanol–water partition coefficient (Wildman–Crippen LogP) is 5.21. The summed E-state index contributed by atoms with van der Waals surface area (Å²) >= 11 is 12.7. The monoisotopic (exact) mass is 555 g/mol. The zero-order valence-corrected chi connectivity index (χ0v) is 23.9. The number of halogens is 2. The molecule has 0 bridgehead atoms. The number of anilines is 1. The van der Waals surface area contributed by atoms with E-state index in [0.717, 1.165) is 22.5 Å². The second kappa shape index (κ2) is 12.8. The van der Waals surface area contributed by atoms with Crippen LogP contribution in [0.2, 0.25) is 10.0 Å². The van der Waals surface area contributed by atoms with Crippen LogP contribution >= 0.6 is 23.2 Å². The minimum atomic E-state index is -3.80. The quantitative estimate of drug-likeness (QED) is 0.412. The van der Waals surface area contributed by atoms with Crippen LogP contribution in [0.3, 0.4) is 0 Å². The Morgan fingerprint density at radius 1 is 0.972 bits per heavy atom. The van der Waals surface area contributed by atoms with Crippen molar-refractivity contribution in [3.05, 3.63) is 63.6 Å². The van der Waals surface area contributed by atoms with Gasteiger partial charge < -0.3 is 10.2 Å². The summed E-state index contributed by atoms with van der Waals surface area (Å²) in [6.45, 7) is 8.94. The van der Waals surface area contributed by atoms with Crippen molar-refractivity contribution in [3.8, 4) is 0 Å². The highest BCUT2D eigenvalue weighted by Gasteiger charge is 2.31. The molecule has 10 heteroatoms. The Labute approximate surface area is 224 Å². The van der Waals surface area contributed by atoms with Gasteiger partial charge in [0.2, 0.25) is 21.8 Å². The number of carbonyl (C=O) groups excluding carboxylic acids is 2. The molecule has 0 unspecified atom stereocenters. The predicted molar refractivity (Wildman–Crippen MR) is 147 cm³/mol. The third kappa shape index (κ3) is 7.85. The van der Waals surface area contributed by atoms with E-state index in [1.165, 1.54) is 4.90 Å². The van der Waals surface area contributed by atoms with Gasteiger partial charge in [0.15, 0.2) is 0 Å². The molecule has 0 aliphatic carbocycles. The molecule has 0 aliphatic rings. The maximum atomic E-state index is 13.6. The van der Waals surface area contributed by atoms with E-state index < -0.39 is 28.5 Å². The van der Waals surface area contributed by atoms with Crippen molar-refractivity contribution < 1.29 is 18.0 Å². The fourth-order valence-corrected chi connectivity index (χ4v) is 4.91. The lowest BCUT2D eigenvalue weighted by atomic mass is 10.0. The van der Waals surface area contributed by atoms with Gasteiger partial charge in [-0.1, -0.05) is 62.2 Å². The summed E-state index contributed by atoms with van der Waals surface area (Å²) in [6.07, 6.45) is 1.77. The average Bonchev–Trinajstić information content (AvgIpc) is 2.81. The summed E-state index contributed by atoms with van der Waals surface area (Å²) in [5.41, 5.74) is 1.89. The Morgan fingerprint density at radius 3 is 2.00 bits per heavy atom. The van der Waals surface area contributed by atoms with Gasteiger partial charge in [-0.3, -0.25) is 13.9 Å². The van der Waals surface area contributed by atoms with Gasteiger partial charge >= 0.3 is 0 Å². The fraction of sp³-hybridized carbons (Fsp3) is 0.462. The van der Waals surface area contributed by atoms with E-state index in [9.17, 15) is 18.0 Å². The Kier molecular flexibility index (Phi) is 10.6. The lowest BCUT2D eigenvalue weighted by Gasteiger charge is -2.32. The number of hydrogen-bond acceptors (Lipinski definition) is 4. The molecule has 36 heavy (non-hydrogen) atoms. The number of amides is 2. The average molecular weight is 557 g/mol. The topological polar surface area (TPSA) is 86.8 Å². The van der Waals surface area contributed by atoms with E-state index in [-0.39, 0.29) is 24.4 Å². The minimum absolute atomic E-state index is 0.0592. The summed E-state index contributed by atoms with van der Waals surface area (Å²) < 4.78 is 26.4. The van der Waals surface area contributed by atoms with Crippen molar-refractivity contribution in [2.45, 2.75) is 65.6 Å². The standard InChI is InChI=1S/C26H35Cl2N3O4S/c1-7-18(4)29-26(33)19(5)30(15-22-23(27)9-8-10-24(22)28)25(32)16-31(36(6,34)35)21-13-11-20(12-14-21)17(2)3/h8-14,17-19H,7,15-16H2,1-6H3,(H,29,33)/t18-,19+/m1/s1. The molecule has 2 rings (SSSR count). The van der Waals surface area contributed by atoms with E-state index >= 15 is 0 Å². The molecule has 0 radical (unpaired) electrons. The zero-order chi connectivity index (χ0) is 27.2. The van der Waals surface area contributed by atoms with Crippen molar-refractivity contribution in [2.75, 3.05) is 17.1 Å². The van der Waals surface area contributed by atoms with Crippen LogP contribution in [0.15, 0.2) is 42.5 Å². The smallest absolute Gasteiger partial charge is 0.244 e. The first-order valence-corrected chi connectivity index (χ1v) is 14.5. The highest BCUT2D eigenvalue weighted by Crippen LogP contribution is 2.27. The summed E-state index contributed by atoms with van der Waals surface area (Å²) in [6, 6.07) is 11.0. The number of rotatable bonds is 11. The SMILES string of the molecule is CC[C@@H](C)NC(=O)[C@H](C)N(Cc1c(Cl)cccc1Cl)C(=O)CN(c1ccc(C(C)C)cc1)S(C)(=O)=O. The van der Waals surface area contributed by atoms with Gasteiger partial charge in [0.1, 0.15) is 12.6 Å². The number of benzene rings is 2. The molecule has 0 aromatic heterocycles. The van der Waals surface area contributed by atoms with Crippen LogP contribution < -0.4 is 9.62 Å². The molecule has 0 saturated carbocycles. The van der Waals surface area contributed by atoms with Crippen molar-refractivity contribution in [1.29, 1.82) is 0 Å². The van der Waals surface area contributed by atoms with Gasteiger partial charge in [-0.05, 0) is 56.0 Å². The maximum Gasteiger partial charge on any atom is 0.244 e. The van der Waals surface area contributed by atoms with Crippen molar-refractivity contribution in [3.63, 3.8) is 0 Å². The van der Waals surface area contributed by atoms with Crippen molar-refractivity contribution in [2.24, 2.45) is 0 Å². The van der Waals surface area contributed by atoms with Crippen LogP contribution in [0.5, 0.6) is 0 Å².